The molecular formula is C22H31NO2. The Bertz CT molecular complexity index is 597. The van der Waals surface area contributed by atoms with Crippen LogP contribution in [0.25, 0.3) is 0 Å². The first kappa shape index (κ1) is 18.0. The fourth-order valence-corrected chi connectivity index (χ4v) is 4.49. The fourth-order valence-electron chi connectivity index (χ4n) is 4.49. The third-order valence-electron chi connectivity index (χ3n) is 5.77. The van der Waals surface area contributed by atoms with Crippen molar-refractivity contribution < 1.29 is 9.53 Å². The van der Waals surface area contributed by atoms with Crippen LogP contribution < -0.4 is 0 Å². The highest BCUT2D eigenvalue weighted by Gasteiger charge is 2.33. The van der Waals surface area contributed by atoms with E-state index in [2.05, 4.69) is 44.7 Å². The van der Waals surface area contributed by atoms with E-state index in [1.807, 2.05) is 11.0 Å². The first-order chi connectivity index (χ1) is 12.0. The molecule has 4 unspecified atom stereocenters. The number of carbonyl (C=O) groups is 1. The van der Waals surface area contributed by atoms with Crippen molar-refractivity contribution in [3.63, 3.8) is 0 Å². The fraction of sp³-hybridized carbons (Fsp3) is 0.591. The quantitative estimate of drug-likeness (QED) is 0.704. The molecule has 1 aromatic carbocycles. The summed E-state index contributed by atoms with van der Waals surface area (Å²) in [6.45, 7) is 9.30. The van der Waals surface area contributed by atoms with E-state index in [1.165, 1.54) is 11.1 Å². The molecule has 3 nitrogen and oxygen atoms in total. The lowest BCUT2D eigenvalue weighted by Crippen LogP contribution is -2.40. The molecule has 3 rings (SSSR count). The molecule has 0 spiro atoms. The highest BCUT2D eigenvalue weighted by molar-refractivity contribution is 5.68. The van der Waals surface area contributed by atoms with E-state index in [0.29, 0.717) is 11.8 Å². The van der Waals surface area contributed by atoms with Crippen LogP contribution in [0, 0.1) is 11.8 Å². The molecule has 2 fully saturated rings. The van der Waals surface area contributed by atoms with Crippen molar-refractivity contribution in [3.05, 3.63) is 48.0 Å². The van der Waals surface area contributed by atoms with Crippen LogP contribution in [0.2, 0.25) is 0 Å². The van der Waals surface area contributed by atoms with E-state index in [0.717, 1.165) is 45.1 Å². The average molecular weight is 341 g/mol. The maximum atomic E-state index is 12.7. The van der Waals surface area contributed by atoms with Crippen LogP contribution in [0.3, 0.4) is 0 Å². The number of allylic oxidation sites excluding steroid dienone is 1. The minimum atomic E-state index is -0.130. The van der Waals surface area contributed by atoms with Crippen LogP contribution in [-0.4, -0.2) is 29.7 Å². The summed E-state index contributed by atoms with van der Waals surface area (Å²) >= 11 is 0. The zero-order valence-corrected chi connectivity index (χ0v) is 15.6. The summed E-state index contributed by atoms with van der Waals surface area (Å²) in [5.41, 5.74) is 2.59. The van der Waals surface area contributed by atoms with Crippen LogP contribution in [0.5, 0.6) is 0 Å². The maximum absolute atomic E-state index is 12.7. The summed E-state index contributed by atoms with van der Waals surface area (Å²) in [6, 6.07) is 10.7. The Morgan fingerprint density at radius 2 is 2.08 bits per heavy atom. The van der Waals surface area contributed by atoms with Crippen molar-refractivity contribution in [1.29, 1.82) is 0 Å². The van der Waals surface area contributed by atoms with Crippen molar-refractivity contribution in [3.8, 4) is 0 Å². The molecular weight excluding hydrogens is 310 g/mol. The summed E-state index contributed by atoms with van der Waals surface area (Å²) in [5.74, 6) is 1.06. The van der Waals surface area contributed by atoms with Gasteiger partial charge in [-0.1, -0.05) is 49.4 Å². The van der Waals surface area contributed by atoms with Gasteiger partial charge in [-0.05, 0) is 62.8 Å². The molecule has 0 radical (unpaired) electrons. The molecule has 136 valence electrons. The SMILES string of the molecule is C=C1CC(C)CC(C(C)OC(=O)N2CCCC2Cc2ccccc2)C1. The molecule has 0 aromatic heterocycles. The molecule has 4 atom stereocenters. The maximum Gasteiger partial charge on any atom is 0.410 e. The van der Waals surface area contributed by atoms with Gasteiger partial charge in [0.15, 0.2) is 0 Å². The minimum Gasteiger partial charge on any atom is -0.446 e. The van der Waals surface area contributed by atoms with Crippen LogP contribution in [-0.2, 0) is 11.2 Å². The van der Waals surface area contributed by atoms with Crippen LogP contribution in [0.15, 0.2) is 42.5 Å². The number of ether oxygens (including phenoxy) is 1. The van der Waals surface area contributed by atoms with E-state index < -0.39 is 0 Å². The Kier molecular flexibility index (Phi) is 5.82. The minimum absolute atomic E-state index is 0.0371. The lowest BCUT2D eigenvalue weighted by Gasteiger charge is -2.34. The zero-order valence-electron chi connectivity index (χ0n) is 15.6. The number of likely N-dealkylation sites (tertiary alicyclic amines) is 1. The van der Waals surface area contributed by atoms with Gasteiger partial charge in [0.25, 0.3) is 0 Å². The first-order valence-electron chi connectivity index (χ1n) is 9.70. The zero-order chi connectivity index (χ0) is 17.8. The van der Waals surface area contributed by atoms with Crippen molar-refractivity contribution in [2.75, 3.05) is 6.54 Å². The number of rotatable bonds is 4. The van der Waals surface area contributed by atoms with Crippen molar-refractivity contribution >= 4 is 6.09 Å². The van der Waals surface area contributed by atoms with Gasteiger partial charge in [0, 0.05) is 12.6 Å². The largest absolute Gasteiger partial charge is 0.446 e. The molecule has 1 heterocycles. The van der Waals surface area contributed by atoms with Crippen LogP contribution in [0.4, 0.5) is 4.79 Å². The van der Waals surface area contributed by atoms with E-state index in [4.69, 9.17) is 4.74 Å². The van der Waals surface area contributed by atoms with Crippen molar-refractivity contribution in [1.82, 2.24) is 4.90 Å². The summed E-state index contributed by atoms with van der Waals surface area (Å²) in [4.78, 5) is 14.7. The average Bonchev–Trinajstić information content (AvgIpc) is 3.03. The number of hydrogen-bond donors (Lipinski definition) is 0. The van der Waals surface area contributed by atoms with Gasteiger partial charge >= 0.3 is 6.09 Å². The molecule has 25 heavy (non-hydrogen) atoms. The Labute approximate surface area is 152 Å². The van der Waals surface area contributed by atoms with E-state index in [-0.39, 0.29) is 18.2 Å². The molecule has 1 saturated heterocycles. The van der Waals surface area contributed by atoms with Crippen LogP contribution in [0.1, 0.15) is 51.5 Å². The summed E-state index contributed by atoms with van der Waals surface area (Å²) in [7, 11) is 0. The normalized spacial score (nSPS) is 28.0. The number of hydrogen-bond acceptors (Lipinski definition) is 2. The lowest BCUT2D eigenvalue weighted by atomic mass is 9.78. The number of carbonyl (C=O) groups excluding carboxylic acids is 1. The first-order valence-corrected chi connectivity index (χ1v) is 9.70. The molecule has 3 heteroatoms. The van der Waals surface area contributed by atoms with Crippen molar-refractivity contribution in [2.45, 2.75) is 64.5 Å². The van der Waals surface area contributed by atoms with Gasteiger partial charge in [-0.15, -0.1) is 0 Å². The molecule has 1 saturated carbocycles. The second kappa shape index (κ2) is 8.07. The van der Waals surface area contributed by atoms with Crippen LogP contribution >= 0.6 is 0 Å². The molecule has 0 N–H and O–H groups in total. The monoisotopic (exact) mass is 341 g/mol. The molecule has 1 aliphatic heterocycles. The third-order valence-corrected chi connectivity index (χ3v) is 5.77. The molecule has 1 amide bonds. The Morgan fingerprint density at radius 1 is 1.32 bits per heavy atom. The predicted molar refractivity (Wildman–Crippen MR) is 101 cm³/mol. The molecule has 1 aliphatic carbocycles. The molecule has 0 bridgehead atoms. The second-order valence-corrected chi connectivity index (χ2v) is 8.03. The Morgan fingerprint density at radius 3 is 2.80 bits per heavy atom. The third kappa shape index (κ3) is 4.65. The smallest absolute Gasteiger partial charge is 0.410 e. The number of amides is 1. The van der Waals surface area contributed by atoms with E-state index in [9.17, 15) is 4.79 Å². The highest BCUT2D eigenvalue weighted by Crippen LogP contribution is 2.35. The second-order valence-electron chi connectivity index (χ2n) is 8.03. The Hall–Kier alpha value is -1.77. The topological polar surface area (TPSA) is 29.5 Å². The predicted octanol–water partition coefficient (Wildman–Crippen LogP) is 5.21. The van der Waals surface area contributed by atoms with Crippen molar-refractivity contribution in [2.24, 2.45) is 11.8 Å². The van der Waals surface area contributed by atoms with Gasteiger partial charge < -0.3 is 9.64 Å². The summed E-state index contributed by atoms with van der Waals surface area (Å²) in [5, 5.41) is 0. The van der Waals surface area contributed by atoms with E-state index >= 15 is 0 Å². The van der Waals surface area contributed by atoms with Gasteiger partial charge in [0.2, 0.25) is 0 Å². The van der Waals surface area contributed by atoms with Gasteiger partial charge in [-0.2, -0.15) is 0 Å². The van der Waals surface area contributed by atoms with Gasteiger partial charge in [-0.25, -0.2) is 4.79 Å². The number of nitrogens with zero attached hydrogens (tertiary/aromatic N) is 1. The molecule has 2 aliphatic rings. The lowest BCUT2D eigenvalue weighted by molar-refractivity contribution is 0.0314. The summed E-state index contributed by atoms with van der Waals surface area (Å²) < 4.78 is 5.88. The Balaban J connectivity index is 1.57. The number of benzene rings is 1. The standard InChI is InChI=1S/C22H31NO2/c1-16-12-17(2)14-20(13-16)18(3)25-22(24)23-11-7-10-21(23)15-19-8-5-4-6-9-19/h4-6,8-9,17-18,20-21H,1,7,10-15H2,2-3H3. The van der Waals surface area contributed by atoms with E-state index in [1.54, 1.807) is 0 Å². The molecule has 1 aromatic rings. The van der Waals surface area contributed by atoms with Gasteiger partial charge in [0.05, 0.1) is 0 Å². The summed E-state index contributed by atoms with van der Waals surface area (Å²) in [6.07, 6.45) is 6.12. The highest BCUT2D eigenvalue weighted by atomic mass is 16.6. The van der Waals surface area contributed by atoms with Gasteiger partial charge in [0.1, 0.15) is 6.10 Å². The van der Waals surface area contributed by atoms with Gasteiger partial charge in [-0.3, -0.25) is 0 Å².